The number of nitrogens with two attached hydrogens (primary N) is 1. The minimum atomic E-state index is -1.12. The molecule has 3 aliphatic rings. The van der Waals surface area contributed by atoms with Gasteiger partial charge >= 0.3 is 0 Å². The Labute approximate surface area is 174 Å². The Morgan fingerprint density at radius 3 is 2.53 bits per heavy atom. The van der Waals surface area contributed by atoms with E-state index in [1.54, 1.807) is 7.11 Å². The van der Waals surface area contributed by atoms with Gasteiger partial charge in [-0.2, -0.15) is 0 Å². The number of methoxy groups -OCH3 is 1. The average molecular weight is 406 g/mol. The topological polar surface area (TPSA) is 92.3 Å². The molecule has 2 aromatic carbocycles. The quantitative estimate of drug-likeness (QED) is 0.698. The lowest BCUT2D eigenvalue weighted by atomic mass is 9.76. The zero-order valence-corrected chi connectivity index (χ0v) is 16.7. The van der Waals surface area contributed by atoms with Crippen LogP contribution in [-0.4, -0.2) is 48.9 Å². The Morgan fingerprint density at radius 2 is 1.77 bits per heavy atom. The third kappa shape index (κ3) is 2.55. The second kappa shape index (κ2) is 7.04. The summed E-state index contributed by atoms with van der Waals surface area (Å²) < 4.78 is 5.11. The van der Waals surface area contributed by atoms with Crippen LogP contribution in [-0.2, 0) is 31.1 Å². The summed E-state index contributed by atoms with van der Waals surface area (Å²) in [5.41, 5.74) is 1.47. The summed E-state index contributed by atoms with van der Waals surface area (Å²) in [5, 5.41) is 4.92. The number of fused-ring (bicyclic) bond motifs is 4. The van der Waals surface area contributed by atoms with Crippen LogP contribution in [0.25, 0.3) is 0 Å². The Balaban J connectivity index is 1.60. The van der Waals surface area contributed by atoms with E-state index in [1.807, 2.05) is 59.9 Å². The van der Waals surface area contributed by atoms with Crippen molar-refractivity contribution in [2.24, 2.45) is 11.8 Å². The van der Waals surface area contributed by atoms with Crippen LogP contribution in [0, 0.1) is 11.8 Å². The number of nitrogens with one attached hydrogen (secondary N) is 1. The molecule has 2 aromatic rings. The van der Waals surface area contributed by atoms with E-state index in [9.17, 15) is 14.4 Å². The maximum Gasteiger partial charge on any atom is 0.291 e. The molecule has 0 aliphatic carbocycles. The Kier molecular flexibility index (Phi) is 4.45. The third-order valence-corrected chi connectivity index (χ3v) is 6.70. The normalized spacial score (nSPS) is 29.4. The summed E-state index contributed by atoms with van der Waals surface area (Å²) in [4.78, 5) is 41.4. The predicted octanol–water partition coefficient (Wildman–Crippen LogP) is 0.270. The minimum absolute atomic E-state index is 0.201. The van der Waals surface area contributed by atoms with Gasteiger partial charge in [-0.05, 0) is 11.6 Å². The summed E-state index contributed by atoms with van der Waals surface area (Å²) in [6, 6.07) is 17.2. The highest BCUT2D eigenvalue weighted by Crippen LogP contribution is 2.49. The molecule has 1 spiro atoms. The van der Waals surface area contributed by atoms with Crippen LogP contribution in [0.15, 0.2) is 54.6 Å². The fourth-order valence-electron chi connectivity index (χ4n) is 5.46. The number of anilines is 1. The SMILES string of the molecule is COCCN1C(=O)[C@H]2[C@@H](C1=O)[C@]1([NH2+][C@@H]2Cc2ccccc2)C(=O)Nc2ccccc21. The lowest BCUT2D eigenvalue weighted by molar-refractivity contribution is -0.733. The van der Waals surface area contributed by atoms with Crippen LogP contribution in [0.3, 0.4) is 0 Å². The highest BCUT2D eigenvalue weighted by atomic mass is 16.5. The Bertz CT molecular complexity index is 1020. The van der Waals surface area contributed by atoms with Gasteiger partial charge in [0, 0.05) is 19.1 Å². The smallest absolute Gasteiger partial charge is 0.291 e. The van der Waals surface area contributed by atoms with Gasteiger partial charge in [0.2, 0.25) is 17.4 Å². The molecule has 0 radical (unpaired) electrons. The monoisotopic (exact) mass is 406 g/mol. The number of para-hydroxylation sites is 1. The number of ether oxygens (including phenoxy) is 1. The first kappa shape index (κ1) is 19.0. The molecule has 0 aromatic heterocycles. The summed E-state index contributed by atoms with van der Waals surface area (Å²) in [5.74, 6) is -1.97. The molecule has 7 heteroatoms. The minimum Gasteiger partial charge on any atom is -0.383 e. The van der Waals surface area contributed by atoms with E-state index in [-0.39, 0.29) is 36.9 Å². The predicted molar refractivity (Wildman–Crippen MR) is 108 cm³/mol. The van der Waals surface area contributed by atoms with Crippen LogP contribution < -0.4 is 10.6 Å². The lowest BCUT2D eigenvalue weighted by Crippen LogP contribution is -2.99. The molecule has 2 fully saturated rings. The van der Waals surface area contributed by atoms with Gasteiger partial charge < -0.3 is 15.4 Å². The van der Waals surface area contributed by atoms with Crippen LogP contribution in [0.4, 0.5) is 5.69 Å². The van der Waals surface area contributed by atoms with Gasteiger partial charge in [-0.3, -0.25) is 19.3 Å². The van der Waals surface area contributed by atoms with Crippen LogP contribution in [0.1, 0.15) is 11.1 Å². The number of quaternary nitrogens is 1. The number of carbonyl (C=O) groups is 3. The van der Waals surface area contributed by atoms with Gasteiger partial charge in [-0.15, -0.1) is 0 Å². The van der Waals surface area contributed by atoms with Crippen molar-refractivity contribution in [2.45, 2.75) is 18.0 Å². The van der Waals surface area contributed by atoms with Crippen molar-refractivity contribution in [3.05, 3.63) is 65.7 Å². The van der Waals surface area contributed by atoms with E-state index in [0.29, 0.717) is 12.1 Å². The Hall–Kier alpha value is -3.03. The number of nitrogens with zero attached hydrogens (tertiary/aromatic N) is 1. The molecule has 3 aliphatic heterocycles. The number of hydrogen-bond donors (Lipinski definition) is 2. The molecule has 3 heterocycles. The van der Waals surface area contributed by atoms with Crippen molar-refractivity contribution in [1.82, 2.24) is 4.90 Å². The van der Waals surface area contributed by atoms with E-state index >= 15 is 0 Å². The molecule has 7 nitrogen and oxygen atoms in total. The molecule has 3 N–H and O–H groups in total. The van der Waals surface area contributed by atoms with Gasteiger partial charge in [0.15, 0.2) is 0 Å². The van der Waals surface area contributed by atoms with E-state index in [2.05, 4.69) is 5.32 Å². The summed E-state index contributed by atoms with van der Waals surface area (Å²) in [7, 11) is 1.54. The zero-order chi connectivity index (χ0) is 20.9. The summed E-state index contributed by atoms with van der Waals surface area (Å²) in [6.07, 6.45) is 0.607. The number of imide groups is 1. The van der Waals surface area contributed by atoms with E-state index < -0.39 is 17.4 Å². The van der Waals surface area contributed by atoms with Gasteiger partial charge in [-0.1, -0.05) is 48.5 Å². The van der Waals surface area contributed by atoms with E-state index in [1.165, 1.54) is 4.90 Å². The van der Waals surface area contributed by atoms with Crippen LogP contribution >= 0.6 is 0 Å². The first-order chi connectivity index (χ1) is 14.6. The second-order valence-corrected chi connectivity index (χ2v) is 8.21. The van der Waals surface area contributed by atoms with Gasteiger partial charge in [-0.25, -0.2) is 0 Å². The molecule has 2 saturated heterocycles. The van der Waals surface area contributed by atoms with E-state index in [4.69, 9.17) is 4.74 Å². The van der Waals surface area contributed by atoms with Gasteiger partial charge in [0.1, 0.15) is 17.9 Å². The fraction of sp³-hybridized carbons (Fsp3) is 0.348. The molecule has 154 valence electrons. The number of carbonyl (C=O) groups excluding carboxylic acids is 3. The Morgan fingerprint density at radius 1 is 1.03 bits per heavy atom. The van der Waals surface area contributed by atoms with Crippen LogP contribution in [0.2, 0.25) is 0 Å². The molecule has 0 bridgehead atoms. The molecular formula is C23H24N3O4+. The first-order valence-corrected chi connectivity index (χ1v) is 10.2. The van der Waals surface area contributed by atoms with Crippen molar-refractivity contribution >= 4 is 23.4 Å². The first-order valence-electron chi connectivity index (χ1n) is 10.2. The molecular weight excluding hydrogens is 382 g/mol. The maximum atomic E-state index is 13.5. The summed E-state index contributed by atoms with van der Waals surface area (Å²) in [6.45, 7) is 0.484. The molecule has 0 saturated carbocycles. The lowest BCUT2D eigenvalue weighted by Gasteiger charge is -2.26. The highest BCUT2D eigenvalue weighted by molar-refractivity contribution is 6.13. The molecule has 0 unspecified atom stereocenters. The molecule has 30 heavy (non-hydrogen) atoms. The van der Waals surface area contributed by atoms with Crippen LogP contribution in [0.5, 0.6) is 0 Å². The van der Waals surface area contributed by atoms with Crippen molar-refractivity contribution in [3.63, 3.8) is 0 Å². The third-order valence-electron chi connectivity index (χ3n) is 6.70. The highest BCUT2D eigenvalue weighted by Gasteiger charge is 2.73. The average Bonchev–Trinajstić information content (AvgIpc) is 3.33. The van der Waals surface area contributed by atoms with Crippen molar-refractivity contribution in [2.75, 3.05) is 25.6 Å². The van der Waals surface area contributed by atoms with Crippen molar-refractivity contribution < 1.29 is 24.4 Å². The maximum absolute atomic E-state index is 13.5. The zero-order valence-electron chi connectivity index (χ0n) is 16.7. The number of likely N-dealkylation sites (tertiary alicyclic amines) is 1. The van der Waals surface area contributed by atoms with E-state index in [0.717, 1.165) is 11.1 Å². The molecule has 4 atom stereocenters. The fourth-order valence-corrected chi connectivity index (χ4v) is 5.46. The molecule has 5 rings (SSSR count). The number of rotatable bonds is 5. The largest absolute Gasteiger partial charge is 0.383 e. The van der Waals surface area contributed by atoms with Gasteiger partial charge in [0.05, 0.1) is 18.8 Å². The standard InChI is InChI=1S/C23H23N3O4/c1-30-12-11-26-20(27)18-17(13-14-7-3-2-4-8-14)25-23(19(18)21(26)28)15-9-5-6-10-16(15)24-22(23)29/h2-10,17-19,25H,11-13H2,1H3,(H,24,29)/p+1/t17-,18-,19+,23+/m1/s1. The van der Waals surface area contributed by atoms with Crippen molar-refractivity contribution in [1.29, 1.82) is 0 Å². The van der Waals surface area contributed by atoms with Gasteiger partial charge in [0.25, 0.3) is 5.91 Å². The second-order valence-electron chi connectivity index (χ2n) is 8.21. The number of amides is 3. The van der Waals surface area contributed by atoms with Crippen molar-refractivity contribution in [3.8, 4) is 0 Å². The number of benzene rings is 2. The number of hydrogen-bond acceptors (Lipinski definition) is 4. The molecule has 3 amide bonds. The summed E-state index contributed by atoms with van der Waals surface area (Å²) >= 11 is 0.